The number of hydrazone groups is 1. The number of pyridine rings is 1. The van der Waals surface area contributed by atoms with E-state index in [1.807, 2.05) is 19.9 Å². The van der Waals surface area contributed by atoms with E-state index in [9.17, 15) is 5.11 Å². The summed E-state index contributed by atoms with van der Waals surface area (Å²) in [5.41, 5.74) is 7.06. The van der Waals surface area contributed by atoms with Crippen LogP contribution in [0, 0.1) is 23.7 Å². The molecule has 3 N–H and O–H groups in total. The standard InChI is InChI=1S/C21H26BN4O2/c27-21-8-12-6-13(9-21)17(14(7-12)10-21)19-18-15-2-4-23-20(15)24-11-16(18)22-28-5-1-3-25-26-19/h2,4,11-14,17,25,27H,1,3,5-10H2,(H,23,24)/b26-19-. The molecule has 0 amide bonds. The van der Waals surface area contributed by atoms with E-state index in [4.69, 9.17) is 9.76 Å². The summed E-state index contributed by atoms with van der Waals surface area (Å²) in [6.45, 7) is 1.48. The monoisotopic (exact) mass is 377 g/mol. The third-order valence-electron chi connectivity index (χ3n) is 7.39. The minimum Gasteiger partial charge on any atom is -0.434 e. The van der Waals surface area contributed by atoms with Crippen LogP contribution in [0.25, 0.3) is 11.0 Å². The van der Waals surface area contributed by atoms with Gasteiger partial charge in [0.2, 0.25) is 0 Å². The SMILES string of the molecule is OC12CC3CC(C1)C(/C1=N/NCCCO[B]c4cnc5[nH]ccc5c41)C(C3)C2. The molecule has 0 aromatic carbocycles. The number of fused-ring (bicyclic) bond motifs is 3. The second-order valence-corrected chi connectivity index (χ2v) is 9.30. The number of aliphatic hydroxyl groups is 1. The highest BCUT2D eigenvalue weighted by Gasteiger charge is 2.56. The summed E-state index contributed by atoms with van der Waals surface area (Å²) in [5, 5.41) is 17.1. The van der Waals surface area contributed by atoms with E-state index in [1.165, 1.54) is 12.8 Å². The third kappa shape index (κ3) is 2.63. The number of rotatable bonds is 1. The van der Waals surface area contributed by atoms with Gasteiger partial charge in [-0.15, -0.1) is 0 Å². The average molecular weight is 377 g/mol. The molecule has 145 valence electrons. The Morgan fingerprint density at radius 2 is 2.07 bits per heavy atom. The number of nitrogens with zero attached hydrogens (tertiary/aromatic N) is 2. The van der Waals surface area contributed by atoms with E-state index < -0.39 is 5.60 Å². The molecular formula is C21H26BN4O2. The number of aromatic amines is 1. The largest absolute Gasteiger partial charge is 0.434 e. The van der Waals surface area contributed by atoms with Crippen LogP contribution in [-0.4, -0.2) is 47.0 Å². The number of H-pyrrole nitrogens is 1. The van der Waals surface area contributed by atoms with Gasteiger partial charge in [0.05, 0.1) is 11.3 Å². The molecule has 0 saturated heterocycles. The quantitative estimate of drug-likeness (QED) is 0.661. The van der Waals surface area contributed by atoms with Crippen molar-refractivity contribution in [3.05, 3.63) is 24.0 Å². The molecule has 3 heterocycles. The molecule has 2 unspecified atom stereocenters. The van der Waals surface area contributed by atoms with E-state index in [2.05, 4.69) is 21.5 Å². The smallest absolute Gasteiger partial charge is 0.332 e. The van der Waals surface area contributed by atoms with Gasteiger partial charge in [-0.25, -0.2) is 4.98 Å². The summed E-state index contributed by atoms with van der Waals surface area (Å²) in [4.78, 5) is 7.83. The van der Waals surface area contributed by atoms with E-state index in [0.29, 0.717) is 30.3 Å². The first-order chi connectivity index (χ1) is 13.7. The molecule has 2 atom stereocenters. The number of aromatic nitrogens is 2. The summed E-state index contributed by atoms with van der Waals surface area (Å²) >= 11 is 0. The topological polar surface area (TPSA) is 82.5 Å². The Balaban J connectivity index is 1.50. The van der Waals surface area contributed by atoms with Gasteiger partial charge in [-0.05, 0) is 67.8 Å². The molecule has 4 aliphatic carbocycles. The van der Waals surface area contributed by atoms with E-state index in [-0.39, 0.29) is 0 Å². The molecule has 5 aliphatic rings. The van der Waals surface area contributed by atoms with Crippen LogP contribution in [-0.2, 0) is 4.65 Å². The van der Waals surface area contributed by atoms with Crippen LogP contribution in [0.4, 0.5) is 0 Å². The van der Waals surface area contributed by atoms with Crippen molar-refractivity contribution >= 4 is 29.7 Å². The van der Waals surface area contributed by atoms with Crippen LogP contribution < -0.4 is 10.9 Å². The maximum absolute atomic E-state index is 11.0. The minimum absolute atomic E-state index is 0.386. The van der Waals surface area contributed by atoms with Crippen LogP contribution in [0.5, 0.6) is 0 Å². The van der Waals surface area contributed by atoms with Crippen LogP contribution in [0.2, 0.25) is 0 Å². The Kier molecular flexibility index (Phi) is 3.85. The molecule has 28 heavy (non-hydrogen) atoms. The van der Waals surface area contributed by atoms with Crippen molar-refractivity contribution in [1.29, 1.82) is 0 Å². The fourth-order valence-corrected chi connectivity index (χ4v) is 6.65. The maximum Gasteiger partial charge on any atom is 0.332 e. The van der Waals surface area contributed by atoms with Crippen molar-refractivity contribution in [2.24, 2.45) is 28.8 Å². The highest BCUT2D eigenvalue weighted by atomic mass is 16.4. The van der Waals surface area contributed by atoms with Crippen molar-refractivity contribution in [3.8, 4) is 0 Å². The Morgan fingerprint density at radius 1 is 1.21 bits per heavy atom. The first kappa shape index (κ1) is 17.0. The van der Waals surface area contributed by atoms with Crippen LogP contribution >= 0.6 is 0 Å². The summed E-state index contributed by atoms with van der Waals surface area (Å²) in [6.07, 6.45) is 10.0. The van der Waals surface area contributed by atoms with E-state index in [1.54, 1.807) is 0 Å². The number of hydrogen-bond donors (Lipinski definition) is 3. The van der Waals surface area contributed by atoms with Gasteiger partial charge in [-0.1, -0.05) is 0 Å². The zero-order chi connectivity index (χ0) is 18.7. The second kappa shape index (κ2) is 6.32. The zero-order valence-electron chi connectivity index (χ0n) is 16.0. The minimum atomic E-state index is -0.434. The first-order valence-corrected chi connectivity index (χ1v) is 10.6. The highest BCUT2D eigenvalue weighted by Crippen LogP contribution is 2.59. The van der Waals surface area contributed by atoms with Crippen molar-refractivity contribution < 1.29 is 9.76 Å². The molecule has 6 nitrogen and oxygen atoms in total. The molecule has 2 aromatic rings. The van der Waals surface area contributed by atoms with E-state index >= 15 is 0 Å². The normalized spacial score (nSPS) is 39.0. The average Bonchev–Trinajstić information content (AvgIpc) is 3.13. The summed E-state index contributed by atoms with van der Waals surface area (Å²) in [7, 11) is 1.86. The van der Waals surface area contributed by atoms with Crippen LogP contribution in [0.3, 0.4) is 0 Å². The fraction of sp³-hybridized carbons (Fsp3) is 0.619. The van der Waals surface area contributed by atoms with Crippen molar-refractivity contribution in [2.45, 2.75) is 44.1 Å². The van der Waals surface area contributed by atoms with Gasteiger partial charge in [0, 0.05) is 42.4 Å². The lowest BCUT2D eigenvalue weighted by Gasteiger charge is -2.58. The van der Waals surface area contributed by atoms with Gasteiger partial charge >= 0.3 is 7.48 Å². The lowest BCUT2D eigenvalue weighted by Crippen LogP contribution is -2.57. The molecule has 1 radical (unpaired) electrons. The third-order valence-corrected chi connectivity index (χ3v) is 7.39. The molecule has 4 bridgehead atoms. The first-order valence-electron chi connectivity index (χ1n) is 10.6. The van der Waals surface area contributed by atoms with Crippen molar-refractivity contribution in [3.63, 3.8) is 0 Å². The lowest BCUT2D eigenvalue weighted by molar-refractivity contribution is -0.137. The molecule has 0 spiro atoms. The fourth-order valence-electron chi connectivity index (χ4n) is 6.65. The van der Waals surface area contributed by atoms with Gasteiger partial charge in [0.25, 0.3) is 0 Å². The number of hydrogen-bond acceptors (Lipinski definition) is 5. The van der Waals surface area contributed by atoms with Gasteiger partial charge in [0.1, 0.15) is 5.65 Å². The molecular weight excluding hydrogens is 351 g/mol. The molecule has 7 heteroatoms. The predicted molar refractivity (Wildman–Crippen MR) is 109 cm³/mol. The second-order valence-electron chi connectivity index (χ2n) is 9.30. The molecule has 7 rings (SSSR count). The van der Waals surface area contributed by atoms with Crippen LogP contribution in [0.15, 0.2) is 23.6 Å². The van der Waals surface area contributed by atoms with E-state index in [0.717, 1.165) is 60.0 Å². The lowest BCUT2D eigenvalue weighted by atomic mass is 9.49. The number of nitrogens with one attached hydrogen (secondary N) is 2. The molecule has 4 fully saturated rings. The Bertz CT molecular complexity index is 926. The van der Waals surface area contributed by atoms with Gasteiger partial charge in [-0.2, -0.15) is 5.10 Å². The van der Waals surface area contributed by atoms with Gasteiger partial charge in [-0.3, -0.25) is 0 Å². The summed E-state index contributed by atoms with van der Waals surface area (Å²) < 4.78 is 5.82. The Hall–Kier alpha value is -1.86. The Labute approximate surface area is 165 Å². The molecule has 2 aromatic heterocycles. The van der Waals surface area contributed by atoms with Gasteiger partial charge in [0.15, 0.2) is 0 Å². The Morgan fingerprint density at radius 3 is 2.89 bits per heavy atom. The summed E-state index contributed by atoms with van der Waals surface area (Å²) in [5.74, 6) is 2.09. The molecule has 4 saturated carbocycles. The summed E-state index contributed by atoms with van der Waals surface area (Å²) in [6, 6.07) is 2.10. The van der Waals surface area contributed by atoms with Gasteiger partial charge < -0.3 is 20.2 Å². The maximum atomic E-state index is 11.0. The highest BCUT2D eigenvalue weighted by molar-refractivity contribution is 6.50. The van der Waals surface area contributed by atoms with Crippen molar-refractivity contribution in [1.82, 2.24) is 15.4 Å². The zero-order valence-corrected chi connectivity index (χ0v) is 16.0. The van der Waals surface area contributed by atoms with Crippen LogP contribution in [0.1, 0.15) is 44.1 Å². The van der Waals surface area contributed by atoms with Crippen molar-refractivity contribution in [2.75, 3.05) is 13.2 Å². The predicted octanol–water partition coefficient (Wildman–Crippen LogP) is 1.71. The molecule has 1 aliphatic heterocycles.